The van der Waals surface area contributed by atoms with E-state index in [-0.39, 0.29) is 18.4 Å². The molecule has 3 N–H and O–H groups in total. The monoisotopic (exact) mass is 527 g/mol. The van der Waals surface area contributed by atoms with Crippen molar-refractivity contribution in [1.29, 1.82) is 0 Å². The smallest absolute Gasteiger partial charge is 0.416 e. The topological polar surface area (TPSA) is 83.2 Å². The van der Waals surface area contributed by atoms with E-state index in [0.717, 1.165) is 43.1 Å². The van der Waals surface area contributed by atoms with E-state index in [1.165, 1.54) is 18.2 Å². The molecule has 37 heavy (non-hydrogen) atoms. The molecule has 202 valence electrons. The van der Waals surface area contributed by atoms with Crippen molar-refractivity contribution in [2.75, 3.05) is 12.4 Å². The third-order valence-corrected chi connectivity index (χ3v) is 5.56. The third-order valence-electron chi connectivity index (χ3n) is 5.56. The number of hydrogen-bond donors (Lipinski definition) is 3. The molecule has 2 unspecified atom stereocenters. The van der Waals surface area contributed by atoms with Crippen molar-refractivity contribution in [2.45, 2.75) is 57.9 Å². The summed E-state index contributed by atoms with van der Waals surface area (Å²) in [5.74, 6) is -1.97. The molecule has 1 aliphatic carbocycles. The molecule has 11 heteroatoms. The molecule has 0 spiro atoms. The van der Waals surface area contributed by atoms with Crippen molar-refractivity contribution in [1.82, 2.24) is 10.3 Å². The van der Waals surface area contributed by atoms with E-state index in [4.69, 9.17) is 4.74 Å². The Balaban J connectivity index is 0.000000272. The highest BCUT2D eigenvalue weighted by Crippen LogP contribution is 2.31. The highest BCUT2D eigenvalue weighted by Gasteiger charge is 2.30. The number of nitrogens with one attached hydrogen (secondary N) is 3. The largest absolute Gasteiger partial charge is 0.490 e. The van der Waals surface area contributed by atoms with Crippen molar-refractivity contribution in [3.63, 3.8) is 0 Å². The Hall–Kier alpha value is -3.63. The summed E-state index contributed by atoms with van der Waals surface area (Å²) >= 11 is 0. The molecule has 1 aromatic heterocycles. The summed E-state index contributed by atoms with van der Waals surface area (Å²) in [6.45, 7) is 4.00. The number of aromatic nitrogens is 1. The lowest BCUT2D eigenvalue weighted by molar-refractivity contribution is -0.137. The van der Waals surface area contributed by atoms with Crippen LogP contribution in [0.25, 0.3) is 10.9 Å². The first kappa shape index (κ1) is 29.6. The second kappa shape index (κ2) is 13.6. The molecule has 1 fully saturated rings. The minimum Gasteiger partial charge on any atom is -0.490 e. The van der Waals surface area contributed by atoms with Gasteiger partial charge >= 0.3 is 6.18 Å². The number of benzene rings is 2. The van der Waals surface area contributed by atoms with Crippen molar-refractivity contribution in [3.05, 3.63) is 59.8 Å². The number of alkyl halides is 3. The highest BCUT2D eigenvalue weighted by atomic mass is 19.4. The molecule has 6 nitrogen and oxygen atoms in total. The first-order chi connectivity index (χ1) is 17.6. The second-order valence-electron chi connectivity index (χ2n) is 8.02. The Morgan fingerprint density at radius 1 is 1.08 bits per heavy atom. The number of anilines is 1. The summed E-state index contributed by atoms with van der Waals surface area (Å²) in [6, 6.07) is 6.70. The summed E-state index contributed by atoms with van der Waals surface area (Å²) in [4.78, 5) is 24.2. The van der Waals surface area contributed by atoms with Gasteiger partial charge in [-0.05, 0) is 49.6 Å². The van der Waals surface area contributed by atoms with Gasteiger partial charge in [0, 0.05) is 37.2 Å². The van der Waals surface area contributed by atoms with Gasteiger partial charge < -0.3 is 20.4 Å². The van der Waals surface area contributed by atoms with E-state index in [1.807, 2.05) is 13.8 Å². The number of amides is 1. The lowest BCUT2D eigenvalue weighted by atomic mass is 9.92. The van der Waals surface area contributed by atoms with Crippen molar-refractivity contribution in [3.8, 4) is 5.75 Å². The molecule has 2 atom stereocenters. The number of hydrogen-bond acceptors (Lipinski definition) is 4. The first-order valence-corrected chi connectivity index (χ1v) is 11.8. The van der Waals surface area contributed by atoms with Crippen LogP contribution in [0.5, 0.6) is 5.75 Å². The van der Waals surface area contributed by atoms with Crippen LogP contribution >= 0.6 is 0 Å². The van der Waals surface area contributed by atoms with Gasteiger partial charge in [-0.2, -0.15) is 13.2 Å². The summed E-state index contributed by atoms with van der Waals surface area (Å²) in [5, 5.41) is 6.11. The minimum atomic E-state index is -4.37. The Bertz CT molecular complexity index is 1160. The molecule has 1 aliphatic rings. The van der Waals surface area contributed by atoms with Crippen LogP contribution in [0, 0.1) is 11.6 Å². The van der Waals surface area contributed by atoms with E-state index in [9.17, 15) is 31.5 Å². The van der Waals surface area contributed by atoms with Gasteiger partial charge in [-0.1, -0.05) is 13.8 Å². The Morgan fingerprint density at radius 3 is 2.32 bits per heavy atom. The van der Waals surface area contributed by atoms with E-state index < -0.39 is 29.3 Å². The van der Waals surface area contributed by atoms with Crippen LogP contribution in [0.2, 0.25) is 0 Å². The fourth-order valence-corrected chi connectivity index (χ4v) is 3.86. The van der Waals surface area contributed by atoms with Gasteiger partial charge in [0.1, 0.15) is 11.9 Å². The van der Waals surface area contributed by atoms with Gasteiger partial charge in [0.2, 0.25) is 6.29 Å². The van der Waals surface area contributed by atoms with Crippen LogP contribution < -0.4 is 15.4 Å². The Morgan fingerprint density at radius 2 is 1.73 bits per heavy atom. The summed E-state index contributed by atoms with van der Waals surface area (Å²) < 4.78 is 68.7. The molecule has 0 bridgehead atoms. The highest BCUT2D eigenvalue weighted by molar-refractivity contribution is 6.23. The third kappa shape index (κ3) is 8.47. The van der Waals surface area contributed by atoms with E-state index in [1.54, 1.807) is 13.2 Å². The van der Waals surface area contributed by atoms with Crippen LogP contribution in [0.3, 0.4) is 0 Å². The zero-order chi connectivity index (χ0) is 27.6. The second-order valence-corrected chi connectivity index (χ2v) is 8.02. The Kier molecular flexibility index (Phi) is 10.9. The number of halogens is 5. The van der Waals surface area contributed by atoms with Gasteiger partial charge in [-0.3, -0.25) is 9.59 Å². The van der Waals surface area contributed by atoms with Gasteiger partial charge in [0.05, 0.1) is 16.8 Å². The number of ether oxygens (including phenoxy) is 1. The molecule has 4 rings (SSSR count). The number of fused-ring (bicyclic) bond motifs is 1. The zero-order valence-corrected chi connectivity index (χ0v) is 20.7. The maximum absolute atomic E-state index is 12.8. The van der Waals surface area contributed by atoms with E-state index in [0.29, 0.717) is 23.1 Å². The van der Waals surface area contributed by atoms with E-state index in [2.05, 4.69) is 15.6 Å². The molecule has 1 saturated carbocycles. The van der Waals surface area contributed by atoms with Crippen molar-refractivity contribution >= 4 is 28.8 Å². The SMILES string of the molecule is CC.CNc1c[nH]c2cc(F)c(F)cc12.O=CC(=O)NC1CCCC(Oc2ccc(C(F)(F)F)cc2)C1. The maximum atomic E-state index is 12.8. The molecule has 1 heterocycles. The van der Waals surface area contributed by atoms with Crippen molar-refractivity contribution in [2.24, 2.45) is 0 Å². The summed E-state index contributed by atoms with van der Waals surface area (Å²) in [6.07, 6.45) is 0.191. The molecular formula is C26H30F5N3O3. The fourth-order valence-electron chi connectivity index (χ4n) is 3.86. The molecular weight excluding hydrogens is 497 g/mol. The predicted octanol–water partition coefficient (Wildman–Crippen LogP) is 6.22. The number of aldehydes is 1. The standard InChI is InChI=1S/C15H16F3NO3.C9H8F2N2.C2H6/c16-15(17,18)10-4-6-12(7-5-10)22-13-3-1-2-11(8-13)19-14(21)9-20;1-12-9-4-13-8-3-7(11)6(10)2-5(8)9;1-2/h4-7,9,11,13H,1-3,8H2,(H,19,21);2-4,12-13H,1H3;1-2H3. The van der Waals surface area contributed by atoms with Crippen LogP contribution in [0.4, 0.5) is 27.6 Å². The zero-order valence-electron chi connectivity index (χ0n) is 20.7. The molecule has 0 saturated heterocycles. The van der Waals surface area contributed by atoms with Crippen LogP contribution in [0.15, 0.2) is 42.6 Å². The van der Waals surface area contributed by atoms with Gasteiger partial charge in [0.25, 0.3) is 5.91 Å². The number of carbonyl (C=O) groups excluding carboxylic acids is 2. The van der Waals surface area contributed by atoms with E-state index >= 15 is 0 Å². The normalized spacial score (nSPS) is 17.0. The number of carbonyl (C=O) groups is 2. The van der Waals surface area contributed by atoms with Gasteiger partial charge in [-0.25, -0.2) is 8.78 Å². The van der Waals surface area contributed by atoms with Gasteiger partial charge in [0.15, 0.2) is 11.6 Å². The average molecular weight is 528 g/mol. The number of H-pyrrole nitrogens is 1. The molecule has 0 radical (unpaired) electrons. The quantitative estimate of drug-likeness (QED) is 0.209. The Labute approximate surface area is 211 Å². The molecule has 2 aromatic carbocycles. The maximum Gasteiger partial charge on any atom is 0.416 e. The van der Waals surface area contributed by atoms with Gasteiger partial charge in [-0.15, -0.1) is 0 Å². The minimum absolute atomic E-state index is 0.147. The molecule has 1 amide bonds. The number of rotatable bonds is 5. The average Bonchev–Trinajstić information content (AvgIpc) is 3.27. The van der Waals surface area contributed by atoms with Crippen LogP contribution in [-0.4, -0.2) is 36.4 Å². The molecule has 0 aliphatic heterocycles. The van der Waals surface area contributed by atoms with Crippen LogP contribution in [-0.2, 0) is 15.8 Å². The fraction of sp³-hybridized carbons (Fsp3) is 0.385. The predicted molar refractivity (Wildman–Crippen MR) is 131 cm³/mol. The lowest BCUT2D eigenvalue weighted by Crippen LogP contribution is -2.41. The first-order valence-electron chi connectivity index (χ1n) is 11.8. The van der Waals surface area contributed by atoms with Crippen molar-refractivity contribution < 1.29 is 36.3 Å². The number of aromatic amines is 1. The summed E-state index contributed by atoms with van der Waals surface area (Å²) in [7, 11) is 1.73. The molecule has 3 aromatic rings. The van der Waals surface area contributed by atoms with Crippen LogP contribution in [0.1, 0.15) is 45.1 Å². The summed E-state index contributed by atoms with van der Waals surface area (Å²) in [5.41, 5.74) is 0.622. The lowest BCUT2D eigenvalue weighted by Gasteiger charge is -2.29.